The minimum Gasteiger partial charge on any atom is -0.468 e. The molecule has 0 amide bonds. The fraction of sp³-hybridized carbons (Fsp3) is 0.375. The van der Waals surface area contributed by atoms with Crippen molar-refractivity contribution in [1.82, 2.24) is 14.9 Å². The van der Waals surface area contributed by atoms with Gasteiger partial charge in [0.1, 0.15) is 17.9 Å². The molecule has 1 atom stereocenters. The maximum Gasteiger partial charge on any atom is 0.147 e. The van der Waals surface area contributed by atoms with E-state index >= 15 is 0 Å². The highest BCUT2D eigenvalue weighted by Gasteiger charge is 2.25. The first-order valence-corrected chi connectivity index (χ1v) is 8.57. The molecule has 1 saturated heterocycles. The summed E-state index contributed by atoms with van der Waals surface area (Å²) in [6, 6.07) is 6.14. The van der Waals surface area contributed by atoms with Gasteiger partial charge < -0.3 is 14.5 Å². The molecule has 1 unspecified atom stereocenters. The topological polar surface area (TPSA) is 63.4 Å². The quantitative estimate of drug-likeness (QED) is 0.776. The largest absolute Gasteiger partial charge is 0.468 e. The number of fused-ring (bicyclic) bond motifs is 1. The summed E-state index contributed by atoms with van der Waals surface area (Å²) in [4.78, 5) is 11.1. The van der Waals surface area contributed by atoms with Crippen molar-refractivity contribution in [3.8, 4) is 0 Å². The molecule has 7 heteroatoms. The first-order chi connectivity index (χ1) is 11.4. The molecular formula is C16H18N4O2S. The Bertz CT molecular complexity index is 752. The molecule has 120 valence electrons. The summed E-state index contributed by atoms with van der Waals surface area (Å²) in [6.07, 6.45) is 3.33. The van der Waals surface area contributed by atoms with Crippen molar-refractivity contribution in [3.63, 3.8) is 0 Å². The van der Waals surface area contributed by atoms with E-state index in [-0.39, 0.29) is 6.04 Å². The zero-order chi connectivity index (χ0) is 15.5. The zero-order valence-corrected chi connectivity index (χ0v) is 13.5. The summed E-state index contributed by atoms with van der Waals surface area (Å²) in [5.41, 5.74) is 0.980. The highest BCUT2D eigenvalue weighted by Crippen LogP contribution is 2.27. The van der Waals surface area contributed by atoms with Gasteiger partial charge in [0.05, 0.1) is 35.7 Å². The molecule has 0 spiro atoms. The van der Waals surface area contributed by atoms with Crippen LogP contribution in [0.15, 0.2) is 40.6 Å². The van der Waals surface area contributed by atoms with Crippen molar-refractivity contribution in [3.05, 3.63) is 41.9 Å². The van der Waals surface area contributed by atoms with Crippen molar-refractivity contribution in [1.29, 1.82) is 0 Å². The lowest BCUT2D eigenvalue weighted by Gasteiger charge is -2.33. The lowest BCUT2D eigenvalue weighted by Crippen LogP contribution is -2.41. The summed E-state index contributed by atoms with van der Waals surface area (Å²) in [6.45, 7) is 4.08. The van der Waals surface area contributed by atoms with Crippen LogP contribution < -0.4 is 5.32 Å². The Balaban J connectivity index is 1.54. The van der Waals surface area contributed by atoms with Crippen LogP contribution in [-0.2, 0) is 4.74 Å². The highest BCUT2D eigenvalue weighted by molar-refractivity contribution is 7.17. The van der Waals surface area contributed by atoms with Crippen molar-refractivity contribution in [2.75, 3.05) is 38.2 Å². The van der Waals surface area contributed by atoms with Gasteiger partial charge in [-0.15, -0.1) is 11.3 Å². The lowest BCUT2D eigenvalue weighted by molar-refractivity contribution is 0.0144. The molecule has 0 aromatic carbocycles. The molecule has 4 rings (SSSR count). The number of nitrogens with one attached hydrogen (secondary N) is 1. The van der Waals surface area contributed by atoms with E-state index in [0.29, 0.717) is 0 Å². The second-order valence-electron chi connectivity index (χ2n) is 5.42. The number of morpholine rings is 1. The molecule has 6 nitrogen and oxygen atoms in total. The number of thiophene rings is 1. The van der Waals surface area contributed by atoms with Gasteiger partial charge in [0, 0.05) is 19.6 Å². The second kappa shape index (κ2) is 6.66. The fourth-order valence-corrected chi connectivity index (χ4v) is 3.70. The minimum atomic E-state index is 0.166. The Morgan fingerprint density at radius 3 is 3.00 bits per heavy atom. The third kappa shape index (κ3) is 3.08. The number of rotatable bonds is 5. The molecule has 0 saturated carbocycles. The van der Waals surface area contributed by atoms with E-state index in [4.69, 9.17) is 9.15 Å². The molecule has 0 bridgehead atoms. The predicted octanol–water partition coefficient (Wildman–Crippen LogP) is 2.77. The van der Waals surface area contributed by atoms with Crippen molar-refractivity contribution < 1.29 is 9.15 Å². The van der Waals surface area contributed by atoms with Crippen LogP contribution in [0.3, 0.4) is 0 Å². The van der Waals surface area contributed by atoms with Gasteiger partial charge in [0.15, 0.2) is 0 Å². The molecular weight excluding hydrogens is 312 g/mol. The van der Waals surface area contributed by atoms with E-state index in [2.05, 4.69) is 20.2 Å². The Morgan fingerprint density at radius 2 is 2.17 bits per heavy atom. The summed E-state index contributed by atoms with van der Waals surface area (Å²) >= 11 is 1.65. The zero-order valence-electron chi connectivity index (χ0n) is 12.6. The molecule has 1 N–H and O–H groups in total. The number of ether oxygens (including phenoxy) is 1. The minimum absolute atomic E-state index is 0.166. The predicted molar refractivity (Wildman–Crippen MR) is 89.7 cm³/mol. The van der Waals surface area contributed by atoms with Crippen molar-refractivity contribution in [2.45, 2.75) is 6.04 Å². The van der Waals surface area contributed by atoms with Gasteiger partial charge in [-0.2, -0.15) is 0 Å². The fourth-order valence-electron chi connectivity index (χ4n) is 2.89. The van der Waals surface area contributed by atoms with Gasteiger partial charge >= 0.3 is 0 Å². The SMILES string of the molecule is c1coc(C(CNc2ncnc3ccsc23)N2CCOCC2)c1. The number of furan rings is 1. The smallest absolute Gasteiger partial charge is 0.147 e. The van der Waals surface area contributed by atoms with Crippen LogP contribution in [0.5, 0.6) is 0 Å². The van der Waals surface area contributed by atoms with Crippen LogP contribution >= 0.6 is 11.3 Å². The van der Waals surface area contributed by atoms with Crippen LogP contribution in [0.2, 0.25) is 0 Å². The summed E-state index contributed by atoms with van der Waals surface area (Å²) in [5.74, 6) is 1.85. The van der Waals surface area contributed by atoms with Crippen LogP contribution in [-0.4, -0.2) is 47.7 Å². The summed E-state index contributed by atoms with van der Waals surface area (Å²) in [7, 11) is 0. The van der Waals surface area contributed by atoms with Crippen LogP contribution in [0.1, 0.15) is 11.8 Å². The molecule has 1 fully saturated rings. The van der Waals surface area contributed by atoms with Crippen molar-refractivity contribution >= 4 is 27.4 Å². The molecule has 23 heavy (non-hydrogen) atoms. The summed E-state index contributed by atoms with van der Waals surface area (Å²) < 4.78 is 12.2. The average Bonchev–Trinajstić information content (AvgIpc) is 3.28. The van der Waals surface area contributed by atoms with Gasteiger partial charge in [-0.1, -0.05) is 0 Å². The summed E-state index contributed by atoms with van der Waals surface area (Å²) in [5, 5.41) is 5.51. The van der Waals surface area contributed by atoms with Crippen LogP contribution in [0, 0.1) is 0 Å². The molecule has 1 aliphatic heterocycles. The third-order valence-electron chi connectivity index (χ3n) is 4.06. The maximum atomic E-state index is 5.66. The third-order valence-corrected chi connectivity index (χ3v) is 4.97. The van der Waals surface area contributed by atoms with Crippen molar-refractivity contribution in [2.24, 2.45) is 0 Å². The number of hydrogen-bond acceptors (Lipinski definition) is 7. The van der Waals surface area contributed by atoms with Gasteiger partial charge in [-0.25, -0.2) is 9.97 Å². The van der Waals surface area contributed by atoms with Crippen LogP contribution in [0.4, 0.5) is 5.82 Å². The van der Waals surface area contributed by atoms with E-state index in [0.717, 1.165) is 54.6 Å². The Labute approximate surface area is 138 Å². The Kier molecular flexibility index (Phi) is 4.23. The molecule has 3 aromatic rings. The standard InChI is InChI=1S/C16H18N4O2S/c1-2-14(22-6-1)13(20-4-7-21-8-5-20)10-17-16-15-12(3-9-23-15)18-11-19-16/h1-3,6,9,11,13H,4-5,7-8,10H2,(H,17,18,19). The molecule has 0 aliphatic carbocycles. The molecule has 3 aromatic heterocycles. The van der Waals surface area contributed by atoms with Gasteiger partial charge in [0.25, 0.3) is 0 Å². The van der Waals surface area contributed by atoms with E-state index in [1.165, 1.54) is 0 Å². The number of hydrogen-bond donors (Lipinski definition) is 1. The molecule has 4 heterocycles. The second-order valence-corrected chi connectivity index (χ2v) is 6.33. The highest BCUT2D eigenvalue weighted by atomic mass is 32.1. The number of anilines is 1. The van der Waals surface area contributed by atoms with E-state index < -0.39 is 0 Å². The number of aromatic nitrogens is 2. The van der Waals surface area contributed by atoms with E-state index in [1.54, 1.807) is 23.9 Å². The first kappa shape index (κ1) is 14.6. The van der Waals surface area contributed by atoms with Gasteiger partial charge in [0.2, 0.25) is 0 Å². The normalized spacial score (nSPS) is 17.4. The average molecular weight is 330 g/mol. The maximum absolute atomic E-state index is 5.66. The monoisotopic (exact) mass is 330 g/mol. The van der Waals surface area contributed by atoms with E-state index in [9.17, 15) is 0 Å². The van der Waals surface area contributed by atoms with E-state index in [1.807, 2.05) is 23.6 Å². The molecule has 0 radical (unpaired) electrons. The number of nitrogens with zero attached hydrogens (tertiary/aromatic N) is 3. The Morgan fingerprint density at radius 1 is 1.26 bits per heavy atom. The van der Waals surface area contributed by atoms with Gasteiger partial charge in [-0.3, -0.25) is 4.90 Å². The van der Waals surface area contributed by atoms with Crippen LogP contribution in [0.25, 0.3) is 10.2 Å². The first-order valence-electron chi connectivity index (χ1n) is 7.69. The Hall–Kier alpha value is -1.96. The lowest BCUT2D eigenvalue weighted by atomic mass is 10.1. The molecule has 1 aliphatic rings. The van der Waals surface area contributed by atoms with Gasteiger partial charge in [-0.05, 0) is 23.6 Å².